The Morgan fingerprint density at radius 1 is 1.33 bits per heavy atom. The second-order valence-corrected chi connectivity index (χ2v) is 4.09. The number of Topliss-reactive ketones (excluding diaryl/α,β-unsaturated/α-hetero) is 1. The van der Waals surface area contributed by atoms with E-state index in [1.54, 1.807) is 18.2 Å². The zero-order valence-corrected chi connectivity index (χ0v) is 10.1. The number of aromatic nitrogens is 2. The maximum atomic E-state index is 11.8. The van der Waals surface area contributed by atoms with Crippen LogP contribution in [0.1, 0.15) is 35.9 Å². The summed E-state index contributed by atoms with van der Waals surface area (Å²) in [6, 6.07) is 5.19. The number of nitrogens with zero attached hydrogens (tertiary/aromatic N) is 1. The SMILES string of the molecule is CCc1nc2ccc(C(=O)CCC(=O)O)cc2[nH]1. The molecule has 0 saturated carbocycles. The molecule has 0 aliphatic carbocycles. The molecule has 0 radical (unpaired) electrons. The Labute approximate surface area is 104 Å². The van der Waals surface area contributed by atoms with Crippen LogP contribution >= 0.6 is 0 Å². The largest absolute Gasteiger partial charge is 0.481 e. The van der Waals surface area contributed by atoms with E-state index in [0.717, 1.165) is 23.3 Å². The molecular weight excluding hydrogens is 232 g/mol. The number of aromatic amines is 1. The van der Waals surface area contributed by atoms with Gasteiger partial charge in [-0.05, 0) is 18.2 Å². The summed E-state index contributed by atoms with van der Waals surface area (Å²) in [4.78, 5) is 29.7. The summed E-state index contributed by atoms with van der Waals surface area (Å²) in [6.45, 7) is 2.00. The Morgan fingerprint density at radius 2 is 2.11 bits per heavy atom. The summed E-state index contributed by atoms with van der Waals surface area (Å²) in [7, 11) is 0. The van der Waals surface area contributed by atoms with Crippen molar-refractivity contribution in [1.82, 2.24) is 9.97 Å². The van der Waals surface area contributed by atoms with Gasteiger partial charge < -0.3 is 10.1 Å². The Balaban J connectivity index is 2.23. The first-order chi connectivity index (χ1) is 8.60. The van der Waals surface area contributed by atoms with Crippen molar-refractivity contribution in [2.75, 3.05) is 0 Å². The summed E-state index contributed by atoms with van der Waals surface area (Å²) in [5, 5.41) is 8.55. The molecule has 0 atom stereocenters. The van der Waals surface area contributed by atoms with Gasteiger partial charge in [-0.3, -0.25) is 9.59 Å². The van der Waals surface area contributed by atoms with Crippen molar-refractivity contribution >= 4 is 22.8 Å². The van der Waals surface area contributed by atoms with Crippen LogP contribution in [0.15, 0.2) is 18.2 Å². The molecule has 18 heavy (non-hydrogen) atoms. The van der Waals surface area contributed by atoms with Crippen molar-refractivity contribution < 1.29 is 14.7 Å². The zero-order valence-electron chi connectivity index (χ0n) is 10.1. The molecule has 2 N–H and O–H groups in total. The minimum absolute atomic E-state index is 0.0234. The summed E-state index contributed by atoms with van der Waals surface area (Å²) in [6.07, 6.45) is 0.687. The number of nitrogens with one attached hydrogen (secondary N) is 1. The summed E-state index contributed by atoms with van der Waals surface area (Å²) < 4.78 is 0. The highest BCUT2D eigenvalue weighted by Gasteiger charge is 2.10. The molecule has 0 unspecified atom stereocenters. The van der Waals surface area contributed by atoms with Gasteiger partial charge in [0.05, 0.1) is 17.5 Å². The fraction of sp³-hybridized carbons (Fsp3) is 0.308. The van der Waals surface area contributed by atoms with Crippen molar-refractivity contribution in [1.29, 1.82) is 0 Å². The average Bonchev–Trinajstić information content (AvgIpc) is 2.77. The lowest BCUT2D eigenvalue weighted by Crippen LogP contribution is -2.03. The Kier molecular flexibility index (Phi) is 3.41. The van der Waals surface area contributed by atoms with Crippen LogP contribution in [0.5, 0.6) is 0 Å². The standard InChI is InChI=1S/C13H14N2O3/c1-2-12-14-9-4-3-8(7-10(9)15-12)11(16)5-6-13(17)18/h3-4,7H,2,5-6H2,1H3,(H,14,15)(H,17,18). The van der Waals surface area contributed by atoms with E-state index >= 15 is 0 Å². The minimum Gasteiger partial charge on any atom is -0.481 e. The average molecular weight is 246 g/mol. The highest BCUT2D eigenvalue weighted by atomic mass is 16.4. The third-order valence-electron chi connectivity index (χ3n) is 2.75. The quantitative estimate of drug-likeness (QED) is 0.792. The monoisotopic (exact) mass is 246 g/mol. The predicted octanol–water partition coefficient (Wildman–Crippen LogP) is 2.17. The smallest absolute Gasteiger partial charge is 0.303 e. The van der Waals surface area contributed by atoms with Crippen LogP contribution in [0.2, 0.25) is 0 Å². The van der Waals surface area contributed by atoms with Gasteiger partial charge in [0.15, 0.2) is 5.78 Å². The number of benzene rings is 1. The Morgan fingerprint density at radius 3 is 2.78 bits per heavy atom. The lowest BCUT2D eigenvalue weighted by molar-refractivity contribution is -0.136. The van der Waals surface area contributed by atoms with Gasteiger partial charge in [-0.1, -0.05) is 6.92 Å². The first-order valence-electron chi connectivity index (χ1n) is 5.83. The molecule has 0 amide bonds. The van der Waals surface area contributed by atoms with Gasteiger partial charge >= 0.3 is 5.97 Å². The molecule has 1 heterocycles. The molecule has 0 bridgehead atoms. The molecule has 0 aliphatic rings. The Bertz CT molecular complexity index is 601. The molecule has 2 aromatic rings. The zero-order chi connectivity index (χ0) is 13.1. The number of hydrogen-bond acceptors (Lipinski definition) is 3. The highest BCUT2D eigenvalue weighted by Crippen LogP contribution is 2.15. The van der Waals surface area contributed by atoms with E-state index in [1.807, 2.05) is 6.92 Å². The Hall–Kier alpha value is -2.17. The van der Waals surface area contributed by atoms with E-state index in [9.17, 15) is 9.59 Å². The molecule has 94 valence electrons. The van der Waals surface area contributed by atoms with E-state index in [1.165, 1.54) is 0 Å². The minimum atomic E-state index is -0.959. The third kappa shape index (κ3) is 2.56. The normalized spacial score (nSPS) is 10.7. The summed E-state index contributed by atoms with van der Waals surface area (Å²) in [5.41, 5.74) is 2.16. The number of carboxylic acid groups (broad SMARTS) is 1. The van der Waals surface area contributed by atoms with Crippen molar-refractivity contribution in [3.8, 4) is 0 Å². The summed E-state index contributed by atoms with van der Waals surface area (Å²) in [5.74, 6) is -0.244. The maximum absolute atomic E-state index is 11.8. The number of ketones is 1. The van der Waals surface area contributed by atoms with Crippen molar-refractivity contribution in [3.05, 3.63) is 29.6 Å². The van der Waals surface area contributed by atoms with Gasteiger partial charge in [-0.2, -0.15) is 0 Å². The van der Waals surface area contributed by atoms with Crippen LogP contribution in [0, 0.1) is 0 Å². The molecule has 0 saturated heterocycles. The maximum Gasteiger partial charge on any atom is 0.303 e. The topological polar surface area (TPSA) is 83.1 Å². The number of rotatable bonds is 5. The number of carbonyl (C=O) groups excluding carboxylic acids is 1. The van der Waals surface area contributed by atoms with E-state index in [-0.39, 0.29) is 18.6 Å². The van der Waals surface area contributed by atoms with E-state index in [4.69, 9.17) is 5.11 Å². The van der Waals surface area contributed by atoms with Gasteiger partial charge in [0.25, 0.3) is 0 Å². The van der Waals surface area contributed by atoms with Crippen molar-refractivity contribution in [3.63, 3.8) is 0 Å². The number of carboxylic acids is 1. The lowest BCUT2D eigenvalue weighted by Gasteiger charge is -1.98. The fourth-order valence-electron chi connectivity index (χ4n) is 1.77. The molecule has 0 spiro atoms. The molecule has 5 nitrogen and oxygen atoms in total. The van der Waals surface area contributed by atoms with Crippen LogP contribution in [-0.2, 0) is 11.2 Å². The second kappa shape index (κ2) is 5.00. The van der Waals surface area contributed by atoms with Gasteiger partial charge in [0.1, 0.15) is 5.82 Å². The number of carbonyl (C=O) groups is 2. The molecule has 0 aliphatic heterocycles. The molecule has 1 aromatic carbocycles. The highest BCUT2D eigenvalue weighted by molar-refractivity contribution is 5.99. The van der Waals surface area contributed by atoms with E-state index in [2.05, 4.69) is 9.97 Å². The van der Waals surface area contributed by atoms with E-state index in [0.29, 0.717) is 5.56 Å². The first-order valence-corrected chi connectivity index (χ1v) is 5.83. The predicted molar refractivity (Wildman–Crippen MR) is 66.7 cm³/mol. The molecule has 5 heteroatoms. The number of aliphatic carboxylic acids is 1. The van der Waals surface area contributed by atoms with Crippen molar-refractivity contribution in [2.24, 2.45) is 0 Å². The van der Waals surface area contributed by atoms with Crippen LogP contribution in [-0.4, -0.2) is 26.8 Å². The second-order valence-electron chi connectivity index (χ2n) is 4.09. The van der Waals surface area contributed by atoms with Crippen LogP contribution in [0.25, 0.3) is 11.0 Å². The van der Waals surface area contributed by atoms with Crippen LogP contribution in [0.4, 0.5) is 0 Å². The van der Waals surface area contributed by atoms with Gasteiger partial charge in [0, 0.05) is 18.4 Å². The number of imidazole rings is 1. The number of H-pyrrole nitrogens is 1. The van der Waals surface area contributed by atoms with E-state index < -0.39 is 5.97 Å². The molecular formula is C13H14N2O3. The van der Waals surface area contributed by atoms with Gasteiger partial charge in [-0.25, -0.2) is 4.98 Å². The third-order valence-corrected chi connectivity index (χ3v) is 2.75. The fourth-order valence-corrected chi connectivity index (χ4v) is 1.77. The van der Waals surface area contributed by atoms with Gasteiger partial charge in [-0.15, -0.1) is 0 Å². The van der Waals surface area contributed by atoms with Crippen LogP contribution < -0.4 is 0 Å². The van der Waals surface area contributed by atoms with Gasteiger partial charge in [0.2, 0.25) is 0 Å². The molecule has 0 fully saturated rings. The van der Waals surface area contributed by atoms with Crippen molar-refractivity contribution in [2.45, 2.75) is 26.2 Å². The first kappa shape index (κ1) is 12.3. The number of aryl methyl sites for hydroxylation is 1. The molecule has 2 rings (SSSR count). The number of hydrogen-bond donors (Lipinski definition) is 2. The number of fused-ring (bicyclic) bond motifs is 1. The summed E-state index contributed by atoms with van der Waals surface area (Å²) >= 11 is 0. The molecule has 1 aromatic heterocycles. The van der Waals surface area contributed by atoms with Crippen LogP contribution in [0.3, 0.4) is 0 Å². The lowest BCUT2D eigenvalue weighted by atomic mass is 10.1.